The second kappa shape index (κ2) is 6.00. The van der Waals surface area contributed by atoms with E-state index in [4.69, 9.17) is 14.6 Å². The molecule has 0 aliphatic carbocycles. The smallest absolute Gasteiger partial charge is 0.278 e. The molecule has 1 aromatic rings. The molecule has 0 amide bonds. The van der Waals surface area contributed by atoms with Gasteiger partial charge in [-0.25, -0.2) is 4.39 Å². The molecule has 0 radical (unpaired) electrons. The average molecular weight is 245 g/mol. The van der Waals surface area contributed by atoms with Crippen molar-refractivity contribution in [3.05, 3.63) is 27.8 Å². The monoisotopic (exact) mass is 245 g/mol. The maximum Gasteiger partial charge on any atom is 0.278 e. The Balaban J connectivity index is 3.18. The fraction of sp³-hybridized carbons (Fsp3) is 0.400. The number of alkyl halides is 1. The molecule has 0 aliphatic heterocycles. The standard InChI is InChI=1S/C10H12FNO5/c1-16-9-4-7(6-13)8(12(14)15)5-10(9)17-3-2-11/h4-5,13H,2-3,6H2,1H3. The maximum absolute atomic E-state index is 12.0. The van der Waals surface area contributed by atoms with E-state index in [9.17, 15) is 14.5 Å². The number of benzene rings is 1. The molecule has 0 atom stereocenters. The Hall–Kier alpha value is -1.89. The molecule has 0 saturated carbocycles. The highest BCUT2D eigenvalue weighted by molar-refractivity contribution is 5.54. The zero-order valence-electron chi connectivity index (χ0n) is 9.18. The third-order valence-electron chi connectivity index (χ3n) is 2.07. The van der Waals surface area contributed by atoms with Gasteiger partial charge in [0.1, 0.15) is 13.3 Å². The summed E-state index contributed by atoms with van der Waals surface area (Å²) in [5.41, 5.74) is -0.179. The van der Waals surface area contributed by atoms with Gasteiger partial charge in [-0.2, -0.15) is 0 Å². The van der Waals surface area contributed by atoms with Crippen LogP contribution in [0.3, 0.4) is 0 Å². The number of nitro benzene ring substituents is 1. The first-order chi connectivity index (χ1) is 8.13. The third-order valence-corrected chi connectivity index (χ3v) is 2.07. The number of hydrogen-bond donors (Lipinski definition) is 1. The summed E-state index contributed by atoms with van der Waals surface area (Å²) in [4.78, 5) is 10.1. The van der Waals surface area contributed by atoms with Gasteiger partial charge in [0.05, 0.1) is 30.3 Å². The van der Waals surface area contributed by atoms with Crippen molar-refractivity contribution in [2.75, 3.05) is 20.4 Å². The molecule has 0 saturated heterocycles. The van der Waals surface area contributed by atoms with Crippen LogP contribution in [-0.4, -0.2) is 30.4 Å². The number of halogens is 1. The van der Waals surface area contributed by atoms with Gasteiger partial charge in [-0.15, -0.1) is 0 Å². The second-order valence-corrected chi connectivity index (χ2v) is 3.08. The van der Waals surface area contributed by atoms with Gasteiger partial charge in [-0.1, -0.05) is 0 Å². The molecule has 0 fully saturated rings. The van der Waals surface area contributed by atoms with Crippen LogP contribution in [0.25, 0.3) is 0 Å². The molecule has 94 valence electrons. The summed E-state index contributed by atoms with van der Waals surface area (Å²) in [7, 11) is 1.35. The van der Waals surface area contributed by atoms with Gasteiger partial charge in [0.25, 0.3) is 5.69 Å². The molecule has 1 aromatic carbocycles. The minimum atomic E-state index is -0.710. The summed E-state index contributed by atoms with van der Waals surface area (Å²) in [6, 6.07) is 2.41. The van der Waals surface area contributed by atoms with Gasteiger partial charge in [0.15, 0.2) is 11.5 Å². The molecule has 0 spiro atoms. The summed E-state index contributed by atoms with van der Waals surface area (Å²) >= 11 is 0. The van der Waals surface area contributed by atoms with E-state index in [0.29, 0.717) is 0 Å². The van der Waals surface area contributed by atoms with E-state index in [-0.39, 0.29) is 29.4 Å². The lowest BCUT2D eigenvalue weighted by molar-refractivity contribution is -0.385. The van der Waals surface area contributed by atoms with Crippen molar-refractivity contribution in [3.63, 3.8) is 0 Å². The van der Waals surface area contributed by atoms with Crippen molar-refractivity contribution >= 4 is 5.69 Å². The SMILES string of the molecule is COc1cc(CO)c([N+](=O)[O-])cc1OCCF. The molecule has 6 nitrogen and oxygen atoms in total. The summed E-state index contributed by atoms with van der Waals surface area (Å²) in [5.74, 6) is 0.294. The number of hydrogen-bond acceptors (Lipinski definition) is 5. The number of aliphatic hydroxyl groups is 1. The van der Waals surface area contributed by atoms with Gasteiger partial charge in [0, 0.05) is 0 Å². The van der Waals surface area contributed by atoms with Crippen LogP contribution in [0.2, 0.25) is 0 Å². The average Bonchev–Trinajstić information content (AvgIpc) is 2.34. The maximum atomic E-state index is 12.0. The second-order valence-electron chi connectivity index (χ2n) is 3.08. The molecule has 0 heterocycles. The Morgan fingerprint density at radius 3 is 2.65 bits per heavy atom. The number of ether oxygens (including phenoxy) is 2. The molecule has 0 aliphatic rings. The lowest BCUT2D eigenvalue weighted by atomic mass is 10.1. The van der Waals surface area contributed by atoms with Crippen LogP contribution in [0.1, 0.15) is 5.56 Å². The number of aliphatic hydroxyl groups excluding tert-OH is 1. The highest BCUT2D eigenvalue weighted by atomic mass is 19.1. The highest BCUT2D eigenvalue weighted by Crippen LogP contribution is 2.34. The first-order valence-corrected chi connectivity index (χ1v) is 4.79. The van der Waals surface area contributed by atoms with Crippen molar-refractivity contribution in [2.45, 2.75) is 6.61 Å². The van der Waals surface area contributed by atoms with Crippen LogP contribution in [-0.2, 0) is 6.61 Å². The summed E-state index contributed by atoms with van der Waals surface area (Å²) in [6.45, 7) is -1.42. The van der Waals surface area contributed by atoms with E-state index in [0.717, 1.165) is 6.07 Å². The van der Waals surface area contributed by atoms with E-state index in [2.05, 4.69) is 0 Å². The lowest BCUT2D eigenvalue weighted by Crippen LogP contribution is -2.03. The molecular formula is C10H12FNO5. The Kier molecular flexibility index (Phi) is 4.65. The fourth-order valence-electron chi connectivity index (χ4n) is 1.31. The molecule has 7 heteroatoms. The minimum absolute atomic E-state index is 0.0778. The molecule has 0 aromatic heterocycles. The zero-order valence-corrected chi connectivity index (χ0v) is 9.18. The van der Waals surface area contributed by atoms with Crippen LogP contribution >= 0.6 is 0 Å². The van der Waals surface area contributed by atoms with Crippen LogP contribution in [0, 0.1) is 10.1 Å². The van der Waals surface area contributed by atoms with Crippen molar-refractivity contribution in [2.24, 2.45) is 0 Å². The van der Waals surface area contributed by atoms with E-state index in [1.807, 2.05) is 0 Å². The van der Waals surface area contributed by atoms with Crippen molar-refractivity contribution < 1.29 is 23.9 Å². The van der Waals surface area contributed by atoms with Gasteiger partial charge >= 0.3 is 0 Å². The van der Waals surface area contributed by atoms with Gasteiger partial charge < -0.3 is 14.6 Å². The van der Waals surface area contributed by atoms with Crippen molar-refractivity contribution in [1.29, 1.82) is 0 Å². The molecular weight excluding hydrogens is 233 g/mol. The Bertz CT molecular complexity index is 410. The number of methoxy groups -OCH3 is 1. The quantitative estimate of drug-likeness (QED) is 0.605. The number of nitro groups is 1. The molecule has 1 N–H and O–H groups in total. The third kappa shape index (κ3) is 3.04. The summed E-state index contributed by atoms with van der Waals surface area (Å²) in [6.07, 6.45) is 0. The summed E-state index contributed by atoms with van der Waals surface area (Å²) < 4.78 is 21.9. The minimum Gasteiger partial charge on any atom is -0.493 e. The van der Waals surface area contributed by atoms with Crippen LogP contribution in [0.5, 0.6) is 11.5 Å². The van der Waals surface area contributed by atoms with Gasteiger partial charge in [-0.05, 0) is 6.07 Å². The Morgan fingerprint density at radius 2 is 2.18 bits per heavy atom. The topological polar surface area (TPSA) is 81.8 Å². The molecule has 0 unspecified atom stereocenters. The Morgan fingerprint density at radius 1 is 1.47 bits per heavy atom. The van der Waals surface area contributed by atoms with Crippen LogP contribution in [0.15, 0.2) is 12.1 Å². The first kappa shape index (κ1) is 13.2. The predicted octanol–water partition coefficient (Wildman–Crippen LogP) is 1.44. The van der Waals surface area contributed by atoms with Crippen molar-refractivity contribution in [1.82, 2.24) is 0 Å². The summed E-state index contributed by atoms with van der Waals surface area (Å²) in [5, 5.41) is 19.7. The van der Waals surface area contributed by atoms with E-state index >= 15 is 0 Å². The lowest BCUT2D eigenvalue weighted by Gasteiger charge is -2.10. The fourth-order valence-corrected chi connectivity index (χ4v) is 1.31. The first-order valence-electron chi connectivity index (χ1n) is 4.79. The zero-order chi connectivity index (χ0) is 12.8. The molecule has 0 bridgehead atoms. The van der Waals surface area contributed by atoms with E-state index in [1.54, 1.807) is 0 Å². The van der Waals surface area contributed by atoms with Crippen LogP contribution < -0.4 is 9.47 Å². The number of nitrogens with zero attached hydrogens (tertiary/aromatic N) is 1. The predicted molar refractivity (Wildman–Crippen MR) is 57.0 cm³/mol. The van der Waals surface area contributed by atoms with Crippen molar-refractivity contribution in [3.8, 4) is 11.5 Å². The van der Waals surface area contributed by atoms with Gasteiger partial charge in [-0.3, -0.25) is 10.1 Å². The van der Waals surface area contributed by atoms with Crippen LogP contribution in [0.4, 0.5) is 10.1 Å². The molecule has 17 heavy (non-hydrogen) atoms. The highest BCUT2D eigenvalue weighted by Gasteiger charge is 2.19. The van der Waals surface area contributed by atoms with E-state index < -0.39 is 18.2 Å². The molecule has 1 rings (SSSR count). The number of rotatable bonds is 6. The van der Waals surface area contributed by atoms with Gasteiger partial charge in [0.2, 0.25) is 0 Å². The normalized spacial score (nSPS) is 10.1. The largest absolute Gasteiger partial charge is 0.493 e. The Labute approximate surface area is 96.7 Å². The van der Waals surface area contributed by atoms with E-state index in [1.165, 1.54) is 13.2 Å².